The maximum atomic E-state index is 5.71. The van der Waals surface area contributed by atoms with E-state index in [4.69, 9.17) is 18.5 Å². The summed E-state index contributed by atoms with van der Waals surface area (Å²) in [5, 5.41) is 4.61. The van der Waals surface area contributed by atoms with Gasteiger partial charge in [0, 0.05) is 11.1 Å². The second kappa shape index (κ2) is 20.7. The van der Waals surface area contributed by atoms with Crippen LogP contribution in [0, 0.1) is 5.92 Å². The van der Waals surface area contributed by atoms with Gasteiger partial charge in [0.05, 0.1) is 31.1 Å². The van der Waals surface area contributed by atoms with Gasteiger partial charge in [-0.3, -0.25) is 0 Å². The van der Waals surface area contributed by atoms with Crippen LogP contribution in [0.15, 0.2) is 133 Å². The van der Waals surface area contributed by atoms with Crippen LogP contribution in [0.3, 0.4) is 0 Å². The molecule has 2 unspecified atom stereocenters. The van der Waals surface area contributed by atoms with Gasteiger partial charge in [0.1, 0.15) is 23.0 Å². The second-order valence-electron chi connectivity index (χ2n) is 13.3. The van der Waals surface area contributed by atoms with Gasteiger partial charge in [0.15, 0.2) is 0 Å². The van der Waals surface area contributed by atoms with E-state index in [1.165, 1.54) is 21.9 Å². The first-order chi connectivity index (χ1) is 24.5. The van der Waals surface area contributed by atoms with Crippen molar-refractivity contribution < 1.29 is 18.5 Å². The van der Waals surface area contributed by atoms with Crippen LogP contribution in [0.25, 0.3) is 32.7 Å². The zero-order chi connectivity index (χ0) is 37.5. The Bertz CT molecular complexity index is 1840. The summed E-state index contributed by atoms with van der Waals surface area (Å²) in [5.41, 5.74) is 4.57. The normalized spacial score (nSPS) is 11.7. The number of rotatable bonds is 11. The molecular formula is C45H56O4P2. The third-order valence-electron chi connectivity index (χ3n) is 7.99. The highest BCUT2D eigenvalue weighted by molar-refractivity contribution is 7.10. The number of hydrogen-bond donors (Lipinski definition) is 0. The van der Waals surface area contributed by atoms with Gasteiger partial charge >= 0.3 is 0 Å². The standard InChI is InChI=1S/C20H16O2P2.C13H22O.C12H18O/c23-21-17-11-9-13-5-1-3-7-15(13)19(17)20-16-8-4-2-6-14(16)10-12-18(20)22-24;1-7-9-12(10(3)4)13(8-2)14-11(5)6;1-9(2)11-7-5-6-8-12(11)13-10(3)4/h1-12H,23-24H2;7-11H,2H2,1,3-6H3;5-10H,1-4H3/b;9-7-,13-12-;. The molecule has 5 rings (SSSR count). The van der Waals surface area contributed by atoms with Crippen LogP contribution in [0.4, 0.5) is 0 Å². The third kappa shape index (κ3) is 11.4. The van der Waals surface area contributed by atoms with Crippen molar-refractivity contribution in [2.45, 2.75) is 80.4 Å². The lowest BCUT2D eigenvalue weighted by molar-refractivity contribution is 0.154. The van der Waals surface area contributed by atoms with E-state index >= 15 is 0 Å². The summed E-state index contributed by atoms with van der Waals surface area (Å²) >= 11 is 0. The van der Waals surface area contributed by atoms with Gasteiger partial charge in [-0.05, 0) is 103 Å². The molecular weight excluding hydrogens is 666 g/mol. The molecule has 0 aliphatic heterocycles. The minimum Gasteiger partial charge on any atom is -0.491 e. The lowest BCUT2D eigenvalue weighted by Gasteiger charge is -2.17. The average Bonchev–Trinajstić information content (AvgIpc) is 3.12. The van der Waals surface area contributed by atoms with Gasteiger partial charge < -0.3 is 18.5 Å². The lowest BCUT2D eigenvalue weighted by atomic mass is 9.92. The summed E-state index contributed by atoms with van der Waals surface area (Å²) in [5.74, 6) is 4.50. The largest absolute Gasteiger partial charge is 0.491 e. The molecule has 5 aromatic carbocycles. The van der Waals surface area contributed by atoms with Crippen molar-refractivity contribution in [3.63, 3.8) is 0 Å². The maximum absolute atomic E-state index is 5.71. The van der Waals surface area contributed by atoms with Crippen molar-refractivity contribution >= 4 is 40.5 Å². The van der Waals surface area contributed by atoms with Crippen LogP contribution >= 0.6 is 18.9 Å². The second-order valence-corrected chi connectivity index (χ2v) is 13.7. The van der Waals surface area contributed by atoms with Gasteiger partial charge in [0.2, 0.25) is 0 Å². The summed E-state index contributed by atoms with van der Waals surface area (Å²) in [4.78, 5) is 0. The number of benzene rings is 5. The molecule has 0 aliphatic carbocycles. The maximum Gasteiger partial charge on any atom is 0.131 e. The molecule has 6 heteroatoms. The Morgan fingerprint density at radius 3 is 1.51 bits per heavy atom. The van der Waals surface area contributed by atoms with E-state index in [-0.39, 0.29) is 12.2 Å². The zero-order valence-electron chi connectivity index (χ0n) is 31.8. The van der Waals surface area contributed by atoms with E-state index in [1.807, 2.05) is 75.4 Å². The van der Waals surface area contributed by atoms with E-state index < -0.39 is 0 Å². The molecule has 5 aromatic rings. The Morgan fingerprint density at radius 1 is 0.608 bits per heavy atom. The molecule has 0 aromatic heterocycles. The molecule has 0 N–H and O–H groups in total. The van der Waals surface area contributed by atoms with E-state index in [0.29, 0.717) is 11.8 Å². The van der Waals surface area contributed by atoms with Crippen molar-refractivity contribution in [2.24, 2.45) is 5.92 Å². The predicted molar refractivity (Wildman–Crippen MR) is 227 cm³/mol. The summed E-state index contributed by atoms with van der Waals surface area (Å²) in [6.07, 6.45) is 6.35. The molecule has 0 saturated carbocycles. The fourth-order valence-electron chi connectivity index (χ4n) is 5.76. The van der Waals surface area contributed by atoms with Crippen LogP contribution in [0.5, 0.6) is 17.2 Å². The molecule has 2 atom stereocenters. The van der Waals surface area contributed by atoms with Gasteiger partial charge in [0.25, 0.3) is 0 Å². The first-order valence-corrected chi connectivity index (χ1v) is 18.6. The first-order valence-electron chi connectivity index (χ1n) is 17.7. The van der Waals surface area contributed by atoms with Crippen LogP contribution in [-0.2, 0) is 4.74 Å². The summed E-state index contributed by atoms with van der Waals surface area (Å²) in [6.45, 7) is 22.6. The zero-order valence-corrected chi connectivity index (χ0v) is 34.1. The van der Waals surface area contributed by atoms with E-state index in [0.717, 1.165) is 44.9 Å². The van der Waals surface area contributed by atoms with E-state index in [1.54, 1.807) is 6.08 Å². The van der Waals surface area contributed by atoms with Gasteiger partial charge in [-0.25, -0.2) is 0 Å². The van der Waals surface area contributed by atoms with Crippen molar-refractivity contribution in [3.8, 4) is 28.4 Å². The smallest absolute Gasteiger partial charge is 0.131 e. The fraction of sp³-hybridized carbons (Fsp3) is 0.289. The van der Waals surface area contributed by atoms with Crippen molar-refractivity contribution in [1.29, 1.82) is 0 Å². The molecule has 270 valence electrons. The highest BCUT2D eigenvalue weighted by Crippen LogP contribution is 2.46. The van der Waals surface area contributed by atoms with Crippen LogP contribution in [-0.4, -0.2) is 12.2 Å². The molecule has 51 heavy (non-hydrogen) atoms. The van der Waals surface area contributed by atoms with Crippen molar-refractivity contribution in [2.75, 3.05) is 0 Å². The topological polar surface area (TPSA) is 36.9 Å². The Morgan fingerprint density at radius 2 is 1.10 bits per heavy atom. The van der Waals surface area contributed by atoms with Gasteiger partial charge in [-0.1, -0.05) is 125 Å². The van der Waals surface area contributed by atoms with Crippen LogP contribution < -0.4 is 13.8 Å². The summed E-state index contributed by atoms with van der Waals surface area (Å²) in [7, 11) is 4.70. The molecule has 0 spiro atoms. The molecule has 0 heterocycles. The number of para-hydroxylation sites is 1. The Balaban J connectivity index is 0.000000224. The minimum atomic E-state index is 0.196. The lowest BCUT2D eigenvalue weighted by Crippen LogP contribution is -2.07. The molecule has 0 amide bonds. The molecule has 0 saturated heterocycles. The van der Waals surface area contributed by atoms with Crippen molar-refractivity contribution in [1.82, 2.24) is 0 Å². The average molecular weight is 723 g/mol. The summed E-state index contributed by atoms with van der Waals surface area (Å²) < 4.78 is 22.6. The quantitative estimate of drug-likeness (QED) is 0.0773. The third-order valence-corrected chi connectivity index (χ3v) is 8.50. The highest BCUT2D eigenvalue weighted by Gasteiger charge is 2.18. The Kier molecular flexibility index (Phi) is 16.8. The minimum absolute atomic E-state index is 0.196. The van der Waals surface area contributed by atoms with Crippen LogP contribution in [0.2, 0.25) is 0 Å². The predicted octanol–water partition coefficient (Wildman–Crippen LogP) is 13.7. The number of allylic oxidation sites excluding steroid dienone is 4. The number of ether oxygens (including phenoxy) is 2. The molecule has 0 fully saturated rings. The molecule has 0 radical (unpaired) electrons. The molecule has 4 nitrogen and oxygen atoms in total. The molecule has 0 aliphatic rings. The highest BCUT2D eigenvalue weighted by atomic mass is 31.0. The van der Waals surface area contributed by atoms with E-state index in [9.17, 15) is 0 Å². The molecule has 0 bridgehead atoms. The Hall–Kier alpha value is -4.10. The fourth-order valence-corrected chi connectivity index (χ4v) is 6.15. The number of fused-ring (bicyclic) bond motifs is 2. The number of hydrogen-bond acceptors (Lipinski definition) is 4. The first kappa shape index (κ1) is 41.3. The monoisotopic (exact) mass is 722 g/mol. The van der Waals surface area contributed by atoms with Gasteiger partial charge in [-0.15, -0.1) is 0 Å². The van der Waals surface area contributed by atoms with Crippen molar-refractivity contribution in [3.05, 3.63) is 139 Å². The summed E-state index contributed by atoms with van der Waals surface area (Å²) in [6, 6.07) is 33.0. The van der Waals surface area contributed by atoms with Crippen LogP contribution in [0.1, 0.15) is 73.8 Å². The SMILES string of the molecule is C=C/C(OC(C)C)=C(\C=C/C)C(C)C.CC(C)Oc1ccccc1C(C)C.POc1ccc2ccccc2c1-c1c(OP)ccc2ccccc12. The van der Waals surface area contributed by atoms with E-state index in [2.05, 4.69) is 122 Å². The Labute approximate surface area is 311 Å². The van der Waals surface area contributed by atoms with Gasteiger partial charge in [-0.2, -0.15) is 0 Å².